The molecule has 0 bridgehead atoms. The molecule has 1 fully saturated rings. The van der Waals surface area contributed by atoms with Crippen molar-refractivity contribution in [3.05, 3.63) is 28.4 Å². The average molecular weight is 275 g/mol. The Labute approximate surface area is 118 Å². The van der Waals surface area contributed by atoms with Gasteiger partial charge >= 0.3 is 5.69 Å². The fourth-order valence-electron chi connectivity index (χ4n) is 2.94. The van der Waals surface area contributed by atoms with Gasteiger partial charge in [0, 0.05) is 17.3 Å². The van der Waals surface area contributed by atoms with E-state index in [0.717, 1.165) is 30.3 Å². The molecule has 0 aliphatic carbocycles. The van der Waals surface area contributed by atoms with Crippen molar-refractivity contribution in [2.75, 3.05) is 0 Å². The molecule has 1 N–H and O–H groups in total. The summed E-state index contributed by atoms with van der Waals surface area (Å²) < 4.78 is 7.64. The standard InChI is InChI=1S/C15H21N3O2/c1-9(2)6-12-4-5-13(20-12)18-8-11-7-10(3)16-14(11)17-15(18)19/h7-9,12-13H,4-6H2,1-3H3,(H,16,17,19). The van der Waals surface area contributed by atoms with E-state index in [-0.39, 0.29) is 18.0 Å². The van der Waals surface area contributed by atoms with Crippen molar-refractivity contribution >= 4 is 11.0 Å². The van der Waals surface area contributed by atoms with Gasteiger partial charge in [-0.05, 0) is 38.2 Å². The maximum atomic E-state index is 12.1. The molecule has 1 aliphatic heterocycles. The Balaban J connectivity index is 1.87. The summed E-state index contributed by atoms with van der Waals surface area (Å²) in [6.45, 7) is 6.35. The highest BCUT2D eigenvalue weighted by atomic mass is 16.5. The van der Waals surface area contributed by atoms with Gasteiger partial charge in [0.2, 0.25) is 0 Å². The Morgan fingerprint density at radius 2 is 2.30 bits per heavy atom. The molecule has 2 unspecified atom stereocenters. The van der Waals surface area contributed by atoms with Gasteiger partial charge in [0.15, 0.2) is 0 Å². The van der Waals surface area contributed by atoms with Gasteiger partial charge < -0.3 is 9.72 Å². The van der Waals surface area contributed by atoms with E-state index >= 15 is 0 Å². The van der Waals surface area contributed by atoms with Crippen LogP contribution >= 0.6 is 0 Å². The molecule has 1 saturated heterocycles. The fraction of sp³-hybridized carbons (Fsp3) is 0.600. The van der Waals surface area contributed by atoms with Gasteiger partial charge in [-0.1, -0.05) is 13.8 Å². The molecule has 5 heteroatoms. The lowest BCUT2D eigenvalue weighted by Gasteiger charge is -2.16. The van der Waals surface area contributed by atoms with E-state index in [1.807, 2.05) is 19.2 Å². The van der Waals surface area contributed by atoms with Crippen molar-refractivity contribution in [3.63, 3.8) is 0 Å². The van der Waals surface area contributed by atoms with Gasteiger partial charge in [-0.15, -0.1) is 0 Å². The van der Waals surface area contributed by atoms with Gasteiger partial charge in [0.1, 0.15) is 11.9 Å². The summed E-state index contributed by atoms with van der Waals surface area (Å²) in [7, 11) is 0. The number of nitrogens with one attached hydrogen (secondary N) is 1. The number of hydrogen-bond donors (Lipinski definition) is 1. The Morgan fingerprint density at radius 3 is 3.05 bits per heavy atom. The first-order valence-corrected chi connectivity index (χ1v) is 7.27. The molecule has 3 heterocycles. The van der Waals surface area contributed by atoms with Crippen LogP contribution in [0.15, 0.2) is 17.1 Å². The third-order valence-electron chi connectivity index (χ3n) is 3.80. The molecule has 0 amide bonds. The number of aromatic nitrogens is 3. The number of ether oxygens (including phenoxy) is 1. The van der Waals surface area contributed by atoms with Crippen LogP contribution in [0.4, 0.5) is 0 Å². The molecular formula is C15H21N3O2. The van der Waals surface area contributed by atoms with E-state index in [2.05, 4.69) is 23.8 Å². The van der Waals surface area contributed by atoms with Gasteiger partial charge in [-0.2, -0.15) is 4.98 Å². The highest BCUT2D eigenvalue weighted by Crippen LogP contribution is 2.30. The monoisotopic (exact) mass is 275 g/mol. The van der Waals surface area contributed by atoms with Gasteiger partial charge in [-0.25, -0.2) is 4.79 Å². The predicted molar refractivity (Wildman–Crippen MR) is 77.7 cm³/mol. The summed E-state index contributed by atoms with van der Waals surface area (Å²) in [4.78, 5) is 19.3. The lowest BCUT2D eigenvalue weighted by atomic mass is 10.0. The molecule has 5 nitrogen and oxygen atoms in total. The maximum Gasteiger partial charge on any atom is 0.351 e. The quantitative estimate of drug-likeness (QED) is 0.937. The molecule has 2 aromatic heterocycles. The second kappa shape index (κ2) is 5.05. The van der Waals surface area contributed by atoms with Crippen molar-refractivity contribution in [2.24, 2.45) is 5.92 Å². The Kier molecular flexibility index (Phi) is 3.38. The molecule has 0 spiro atoms. The zero-order valence-electron chi connectivity index (χ0n) is 12.2. The van der Waals surface area contributed by atoms with E-state index in [0.29, 0.717) is 11.6 Å². The first-order chi connectivity index (χ1) is 9.52. The Bertz CT molecular complexity index is 671. The van der Waals surface area contributed by atoms with Gasteiger partial charge in [0.25, 0.3) is 0 Å². The normalized spacial score (nSPS) is 23.0. The summed E-state index contributed by atoms with van der Waals surface area (Å²) in [5.74, 6) is 0.614. The number of aromatic amines is 1. The van der Waals surface area contributed by atoms with E-state index < -0.39 is 0 Å². The van der Waals surface area contributed by atoms with Crippen LogP contribution in [0.5, 0.6) is 0 Å². The van der Waals surface area contributed by atoms with E-state index in [1.54, 1.807) is 4.57 Å². The third kappa shape index (κ3) is 2.50. The molecular weight excluding hydrogens is 254 g/mol. The zero-order chi connectivity index (χ0) is 14.3. The summed E-state index contributed by atoms with van der Waals surface area (Å²) in [5.41, 5.74) is 1.42. The number of fused-ring (bicyclic) bond motifs is 1. The van der Waals surface area contributed by atoms with Crippen molar-refractivity contribution in [1.82, 2.24) is 14.5 Å². The Hall–Kier alpha value is -1.62. The van der Waals surface area contributed by atoms with Gasteiger partial charge in [-0.3, -0.25) is 4.57 Å². The number of hydrogen-bond acceptors (Lipinski definition) is 3. The van der Waals surface area contributed by atoms with E-state index in [9.17, 15) is 4.79 Å². The molecule has 0 aromatic carbocycles. The molecule has 0 radical (unpaired) electrons. The van der Waals surface area contributed by atoms with Crippen LogP contribution in [0.1, 0.15) is 45.0 Å². The summed E-state index contributed by atoms with van der Waals surface area (Å²) in [6, 6.07) is 2.00. The minimum atomic E-state index is -0.241. The first-order valence-electron chi connectivity index (χ1n) is 7.27. The van der Waals surface area contributed by atoms with Gasteiger partial charge in [0.05, 0.1) is 6.10 Å². The van der Waals surface area contributed by atoms with Crippen LogP contribution < -0.4 is 5.69 Å². The maximum absolute atomic E-state index is 12.1. The minimum absolute atomic E-state index is 0.168. The lowest BCUT2D eigenvalue weighted by molar-refractivity contribution is -0.00870. The van der Waals surface area contributed by atoms with Crippen LogP contribution in [0.3, 0.4) is 0 Å². The molecule has 2 aromatic rings. The molecule has 1 aliphatic rings. The number of rotatable bonds is 3. The van der Waals surface area contributed by atoms with Crippen LogP contribution in [-0.2, 0) is 4.74 Å². The largest absolute Gasteiger partial charge is 0.355 e. The molecule has 3 rings (SSSR count). The summed E-state index contributed by atoms with van der Waals surface area (Å²) in [5, 5.41) is 0.956. The fourth-order valence-corrected chi connectivity index (χ4v) is 2.94. The van der Waals surface area contributed by atoms with Crippen LogP contribution in [-0.4, -0.2) is 20.6 Å². The highest BCUT2D eigenvalue weighted by molar-refractivity contribution is 5.75. The number of nitrogens with zero attached hydrogens (tertiary/aromatic N) is 2. The third-order valence-corrected chi connectivity index (χ3v) is 3.80. The number of aryl methyl sites for hydroxylation is 1. The zero-order valence-corrected chi connectivity index (χ0v) is 12.2. The average Bonchev–Trinajstić information content (AvgIpc) is 2.92. The molecule has 108 valence electrons. The van der Waals surface area contributed by atoms with Crippen molar-refractivity contribution < 1.29 is 4.74 Å². The van der Waals surface area contributed by atoms with Crippen LogP contribution in [0.25, 0.3) is 11.0 Å². The topological polar surface area (TPSA) is 59.9 Å². The van der Waals surface area contributed by atoms with Crippen molar-refractivity contribution in [2.45, 2.75) is 52.4 Å². The van der Waals surface area contributed by atoms with Crippen LogP contribution in [0, 0.1) is 12.8 Å². The minimum Gasteiger partial charge on any atom is -0.355 e. The molecule has 2 atom stereocenters. The number of H-pyrrole nitrogens is 1. The van der Waals surface area contributed by atoms with Crippen molar-refractivity contribution in [3.8, 4) is 0 Å². The van der Waals surface area contributed by atoms with Crippen LogP contribution in [0.2, 0.25) is 0 Å². The van der Waals surface area contributed by atoms with E-state index in [1.165, 1.54) is 0 Å². The second-order valence-corrected chi connectivity index (χ2v) is 6.11. The summed E-state index contributed by atoms with van der Waals surface area (Å²) >= 11 is 0. The Morgan fingerprint density at radius 1 is 1.50 bits per heavy atom. The summed E-state index contributed by atoms with van der Waals surface area (Å²) in [6.07, 6.45) is 4.89. The van der Waals surface area contributed by atoms with Crippen molar-refractivity contribution in [1.29, 1.82) is 0 Å². The lowest BCUT2D eigenvalue weighted by Crippen LogP contribution is -2.27. The SMILES string of the molecule is Cc1cc2cn(C3CCC(CC(C)C)O3)c(=O)nc2[nH]1. The van der Waals surface area contributed by atoms with E-state index in [4.69, 9.17) is 4.74 Å². The predicted octanol–water partition coefficient (Wildman–Crippen LogP) is 2.76. The first kappa shape index (κ1) is 13.4. The molecule has 0 saturated carbocycles. The smallest absolute Gasteiger partial charge is 0.351 e. The second-order valence-electron chi connectivity index (χ2n) is 6.11. The highest BCUT2D eigenvalue weighted by Gasteiger charge is 2.28. The molecule has 20 heavy (non-hydrogen) atoms.